The van der Waals surface area contributed by atoms with E-state index in [0.29, 0.717) is 23.1 Å². The summed E-state index contributed by atoms with van der Waals surface area (Å²) in [6, 6.07) is 1.99. The van der Waals surface area contributed by atoms with E-state index in [0.717, 1.165) is 6.54 Å². The quantitative estimate of drug-likeness (QED) is 0.922. The zero-order valence-electron chi connectivity index (χ0n) is 12.2. The van der Waals surface area contributed by atoms with E-state index in [1.807, 2.05) is 4.90 Å². The van der Waals surface area contributed by atoms with Gasteiger partial charge in [-0.05, 0) is 37.7 Å². The monoisotopic (exact) mass is 288 g/mol. The van der Waals surface area contributed by atoms with Gasteiger partial charge in [0.1, 0.15) is 11.3 Å². The molecule has 4 rings (SSSR count). The SMILES string of the molecule is COc1cc[nH]c(=O)c1C(=O)N1CC2(CCC2)C1C1CC1. The summed E-state index contributed by atoms with van der Waals surface area (Å²) in [4.78, 5) is 29.4. The van der Waals surface area contributed by atoms with Crippen LogP contribution in [-0.2, 0) is 0 Å². The molecule has 0 radical (unpaired) electrons. The van der Waals surface area contributed by atoms with Gasteiger partial charge in [-0.3, -0.25) is 9.59 Å². The molecule has 1 aliphatic heterocycles. The van der Waals surface area contributed by atoms with E-state index in [9.17, 15) is 9.59 Å². The maximum Gasteiger partial charge on any atom is 0.264 e. The zero-order valence-corrected chi connectivity index (χ0v) is 12.2. The molecule has 21 heavy (non-hydrogen) atoms. The minimum atomic E-state index is -0.358. The first-order valence-electron chi connectivity index (χ1n) is 7.73. The van der Waals surface area contributed by atoms with Crippen LogP contribution in [0.15, 0.2) is 17.1 Å². The third kappa shape index (κ3) is 1.76. The summed E-state index contributed by atoms with van der Waals surface area (Å²) in [5.41, 5.74) is 0.161. The molecule has 5 heteroatoms. The molecule has 1 atom stereocenters. The van der Waals surface area contributed by atoms with E-state index < -0.39 is 0 Å². The number of nitrogens with one attached hydrogen (secondary N) is 1. The van der Waals surface area contributed by atoms with Gasteiger partial charge in [-0.1, -0.05) is 6.42 Å². The number of hydrogen-bond donors (Lipinski definition) is 1. The maximum absolute atomic E-state index is 12.8. The van der Waals surface area contributed by atoms with E-state index in [1.54, 1.807) is 6.07 Å². The Morgan fingerprint density at radius 1 is 1.43 bits per heavy atom. The Kier molecular flexibility index (Phi) is 2.68. The number of nitrogens with zero attached hydrogens (tertiary/aromatic N) is 1. The lowest BCUT2D eigenvalue weighted by Gasteiger charge is -2.63. The van der Waals surface area contributed by atoms with Crippen LogP contribution >= 0.6 is 0 Å². The standard InChI is InChI=1S/C16H20N2O3/c1-21-11-5-8-17-14(19)12(11)15(20)18-9-16(6-2-7-16)13(18)10-3-4-10/h5,8,10,13H,2-4,6-7,9H2,1H3,(H,17,19). The second-order valence-corrected chi connectivity index (χ2v) is 6.68. The minimum Gasteiger partial charge on any atom is -0.496 e. The van der Waals surface area contributed by atoms with E-state index in [1.165, 1.54) is 45.4 Å². The number of amides is 1. The van der Waals surface area contributed by atoms with Crippen LogP contribution in [0.1, 0.15) is 42.5 Å². The van der Waals surface area contributed by atoms with Crippen molar-refractivity contribution in [2.75, 3.05) is 13.7 Å². The number of aromatic amines is 1. The van der Waals surface area contributed by atoms with Crippen LogP contribution in [0.4, 0.5) is 0 Å². The maximum atomic E-state index is 12.8. The van der Waals surface area contributed by atoms with Crippen LogP contribution in [0.3, 0.4) is 0 Å². The van der Waals surface area contributed by atoms with Crippen LogP contribution in [0.25, 0.3) is 0 Å². The summed E-state index contributed by atoms with van der Waals surface area (Å²) < 4.78 is 5.20. The highest BCUT2D eigenvalue weighted by molar-refractivity contribution is 5.97. The summed E-state index contributed by atoms with van der Waals surface area (Å²) in [6.07, 6.45) is 7.71. The first-order valence-corrected chi connectivity index (χ1v) is 7.73. The Labute approximate surface area is 123 Å². The van der Waals surface area contributed by atoms with Crippen molar-refractivity contribution < 1.29 is 9.53 Å². The second-order valence-electron chi connectivity index (χ2n) is 6.68. The Hall–Kier alpha value is -1.78. The summed E-state index contributed by atoms with van der Waals surface area (Å²) >= 11 is 0. The largest absolute Gasteiger partial charge is 0.496 e. The molecule has 112 valence electrons. The van der Waals surface area contributed by atoms with Crippen molar-refractivity contribution in [1.29, 1.82) is 0 Å². The predicted molar refractivity (Wildman–Crippen MR) is 77.4 cm³/mol. The van der Waals surface area contributed by atoms with Gasteiger partial charge in [-0.25, -0.2) is 0 Å². The molecule has 1 spiro atoms. The van der Waals surface area contributed by atoms with Crippen molar-refractivity contribution in [3.63, 3.8) is 0 Å². The number of methoxy groups -OCH3 is 1. The minimum absolute atomic E-state index is 0.153. The number of likely N-dealkylation sites (tertiary alicyclic amines) is 1. The Morgan fingerprint density at radius 2 is 2.19 bits per heavy atom. The molecule has 1 aromatic rings. The molecule has 0 bridgehead atoms. The molecule has 1 unspecified atom stereocenters. The second kappa shape index (κ2) is 4.36. The number of carbonyl (C=O) groups excluding carboxylic acids is 1. The lowest BCUT2D eigenvalue weighted by Crippen LogP contribution is -2.70. The molecule has 1 amide bonds. The molecule has 1 aromatic heterocycles. The van der Waals surface area contributed by atoms with Gasteiger partial charge in [0.05, 0.1) is 7.11 Å². The van der Waals surface area contributed by atoms with Gasteiger partial charge in [-0.2, -0.15) is 0 Å². The number of H-pyrrole nitrogens is 1. The number of pyridine rings is 1. The van der Waals surface area contributed by atoms with E-state index in [4.69, 9.17) is 4.74 Å². The van der Waals surface area contributed by atoms with Gasteiger partial charge in [0, 0.05) is 24.2 Å². The van der Waals surface area contributed by atoms with Gasteiger partial charge in [-0.15, -0.1) is 0 Å². The Balaban J connectivity index is 1.65. The first-order chi connectivity index (χ1) is 10.2. The number of aromatic nitrogens is 1. The van der Waals surface area contributed by atoms with Crippen molar-refractivity contribution in [2.45, 2.75) is 38.1 Å². The molecule has 2 heterocycles. The number of carbonyl (C=O) groups is 1. The topological polar surface area (TPSA) is 62.4 Å². The fraction of sp³-hybridized carbons (Fsp3) is 0.625. The first kappa shape index (κ1) is 12.9. The molecule has 1 saturated heterocycles. The van der Waals surface area contributed by atoms with Crippen LogP contribution in [-0.4, -0.2) is 35.5 Å². The third-order valence-corrected chi connectivity index (χ3v) is 5.48. The van der Waals surface area contributed by atoms with Crippen molar-refractivity contribution in [3.05, 3.63) is 28.2 Å². The van der Waals surface area contributed by atoms with Crippen molar-refractivity contribution in [3.8, 4) is 5.75 Å². The van der Waals surface area contributed by atoms with Gasteiger partial charge in [0.25, 0.3) is 11.5 Å². The van der Waals surface area contributed by atoms with Gasteiger partial charge >= 0.3 is 0 Å². The fourth-order valence-corrected chi connectivity index (χ4v) is 4.18. The van der Waals surface area contributed by atoms with Crippen molar-refractivity contribution >= 4 is 5.91 Å². The lowest BCUT2D eigenvalue weighted by atomic mass is 9.56. The van der Waals surface area contributed by atoms with Crippen molar-refractivity contribution in [1.82, 2.24) is 9.88 Å². The Morgan fingerprint density at radius 3 is 2.76 bits per heavy atom. The Bertz CT molecular complexity index is 643. The van der Waals surface area contributed by atoms with E-state index >= 15 is 0 Å². The van der Waals surface area contributed by atoms with Gasteiger partial charge in [0.2, 0.25) is 0 Å². The summed E-state index contributed by atoms with van der Waals surface area (Å²) in [7, 11) is 1.49. The van der Waals surface area contributed by atoms with Crippen LogP contribution in [0, 0.1) is 11.3 Å². The highest BCUT2D eigenvalue weighted by Gasteiger charge is 2.61. The predicted octanol–water partition coefficient (Wildman–Crippen LogP) is 1.79. The lowest BCUT2D eigenvalue weighted by molar-refractivity contribution is -0.111. The molecule has 0 aromatic carbocycles. The van der Waals surface area contributed by atoms with Gasteiger partial charge < -0.3 is 14.6 Å². The number of hydrogen-bond acceptors (Lipinski definition) is 3. The molecule has 2 aliphatic carbocycles. The van der Waals surface area contributed by atoms with Crippen LogP contribution < -0.4 is 10.3 Å². The highest BCUT2D eigenvalue weighted by atomic mass is 16.5. The smallest absolute Gasteiger partial charge is 0.264 e. The average Bonchev–Trinajstić information content (AvgIpc) is 3.19. The summed E-state index contributed by atoms with van der Waals surface area (Å²) in [5.74, 6) is 0.854. The zero-order chi connectivity index (χ0) is 14.6. The van der Waals surface area contributed by atoms with Crippen LogP contribution in [0.2, 0.25) is 0 Å². The molecular weight excluding hydrogens is 268 g/mol. The van der Waals surface area contributed by atoms with Gasteiger partial charge in [0.15, 0.2) is 0 Å². The molecule has 1 N–H and O–H groups in total. The van der Waals surface area contributed by atoms with E-state index in [2.05, 4.69) is 4.98 Å². The van der Waals surface area contributed by atoms with Crippen molar-refractivity contribution in [2.24, 2.45) is 11.3 Å². The summed E-state index contributed by atoms with van der Waals surface area (Å²) in [5, 5.41) is 0. The highest BCUT2D eigenvalue weighted by Crippen LogP contribution is 2.59. The number of ether oxygens (including phenoxy) is 1. The van der Waals surface area contributed by atoms with Crippen LogP contribution in [0.5, 0.6) is 5.75 Å². The third-order valence-electron chi connectivity index (χ3n) is 5.48. The molecule has 3 aliphatic rings. The number of rotatable bonds is 3. The average molecular weight is 288 g/mol. The summed E-state index contributed by atoms with van der Waals surface area (Å²) in [6.45, 7) is 0.810. The molecule has 3 fully saturated rings. The molecule has 5 nitrogen and oxygen atoms in total. The fourth-order valence-electron chi connectivity index (χ4n) is 4.18. The van der Waals surface area contributed by atoms with E-state index in [-0.39, 0.29) is 17.0 Å². The molecular formula is C16H20N2O3. The molecule has 2 saturated carbocycles. The normalized spacial score (nSPS) is 26.1.